The van der Waals surface area contributed by atoms with Crippen molar-refractivity contribution < 1.29 is 14.3 Å². The second kappa shape index (κ2) is 10.3. The lowest BCUT2D eigenvalue weighted by molar-refractivity contribution is -0.166. The Labute approximate surface area is 236 Å². The molecule has 0 unspecified atom stereocenters. The highest BCUT2D eigenvalue weighted by Crippen LogP contribution is 2.44. The molecule has 0 N–H and O–H groups in total. The Morgan fingerprint density at radius 1 is 1.15 bits per heavy atom. The lowest BCUT2D eigenvalue weighted by Gasteiger charge is -2.29. The van der Waals surface area contributed by atoms with Gasteiger partial charge in [-0.05, 0) is 76.9 Å². The smallest absolute Gasteiger partial charge is 0.339 e. The molecule has 0 aliphatic heterocycles. The molecular weight excluding hydrogens is 532 g/mol. The van der Waals surface area contributed by atoms with Gasteiger partial charge in [-0.25, -0.2) is 9.78 Å². The summed E-state index contributed by atoms with van der Waals surface area (Å²) in [6.45, 7) is 11.8. The molecule has 0 saturated carbocycles. The van der Waals surface area contributed by atoms with E-state index in [0.717, 1.165) is 59.8 Å². The number of halogens is 1. The summed E-state index contributed by atoms with van der Waals surface area (Å²) in [4.78, 5) is 23.0. The second-order valence-electron chi connectivity index (χ2n) is 10.5. The quantitative estimate of drug-likeness (QED) is 0.198. The van der Waals surface area contributed by atoms with Crippen molar-refractivity contribution in [3.8, 4) is 21.8 Å². The van der Waals surface area contributed by atoms with E-state index in [2.05, 4.69) is 5.10 Å². The van der Waals surface area contributed by atoms with Crippen molar-refractivity contribution in [3.05, 3.63) is 64.4 Å². The number of aromatic nitrogens is 4. The summed E-state index contributed by atoms with van der Waals surface area (Å²) in [6, 6.07) is 11.7. The van der Waals surface area contributed by atoms with Crippen LogP contribution in [0.2, 0.25) is 5.02 Å². The van der Waals surface area contributed by atoms with Crippen LogP contribution >= 0.6 is 22.9 Å². The van der Waals surface area contributed by atoms with Crippen molar-refractivity contribution in [2.45, 2.75) is 53.2 Å². The Balaban J connectivity index is 1.78. The maximum atomic E-state index is 13.3. The fourth-order valence-corrected chi connectivity index (χ4v) is 6.02. The normalized spacial score (nSPS) is 12.8. The molecule has 39 heavy (non-hydrogen) atoms. The lowest BCUT2D eigenvalue weighted by atomic mass is 9.91. The minimum absolute atomic E-state index is 0.257. The Hall–Kier alpha value is -3.33. The van der Waals surface area contributed by atoms with Gasteiger partial charge in [0.05, 0.1) is 45.5 Å². The van der Waals surface area contributed by atoms with Gasteiger partial charge in [0, 0.05) is 28.6 Å². The number of ether oxygens (including phenoxy) is 2. The van der Waals surface area contributed by atoms with E-state index in [0.29, 0.717) is 5.02 Å². The number of aryl methyl sites for hydroxylation is 3. The van der Waals surface area contributed by atoms with Gasteiger partial charge in [-0.2, -0.15) is 5.10 Å². The number of esters is 1. The molecule has 5 aromatic rings. The zero-order valence-corrected chi connectivity index (χ0v) is 24.7. The van der Waals surface area contributed by atoms with E-state index in [-0.39, 0.29) is 6.61 Å². The number of hydrogen-bond donors (Lipinski definition) is 0. The molecule has 3 heterocycles. The molecule has 3 aromatic heterocycles. The van der Waals surface area contributed by atoms with Crippen molar-refractivity contribution in [1.29, 1.82) is 0 Å². The standard InChI is InChI=1S/C30H31ClN4O3S/c1-8-37-29(36)26(38-30(4,5)6)24-16(2)13-21-27(25(24)18-9-11-19(31)12-10-18)39-28(33-21)22-14-20-17(3)34-35(7)23(20)15-32-22/h9-15,26H,8H2,1-7H3/t26-/m0/s1. The van der Waals surface area contributed by atoms with Gasteiger partial charge in [0.2, 0.25) is 0 Å². The fourth-order valence-electron chi connectivity index (χ4n) is 4.80. The first-order chi connectivity index (χ1) is 18.5. The van der Waals surface area contributed by atoms with E-state index >= 15 is 0 Å². The monoisotopic (exact) mass is 562 g/mol. The molecule has 9 heteroatoms. The van der Waals surface area contributed by atoms with Crippen LogP contribution in [0.3, 0.4) is 0 Å². The minimum Gasteiger partial charge on any atom is -0.464 e. The van der Waals surface area contributed by atoms with Crippen LogP contribution in [0.4, 0.5) is 0 Å². The predicted octanol–water partition coefficient (Wildman–Crippen LogP) is 7.60. The van der Waals surface area contributed by atoms with E-state index in [9.17, 15) is 4.79 Å². The maximum absolute atomic E-state index is 13.3. The van der Waals surface area contributed by atoms with E-state index in [4.69, 9.17) is 31.0 Å². The van der Waals surface area contributed by atoms with Crippen LogP contribution in [0.25, 0.3) is 42.9 Å². The van der Waals surface area contributed by atoms with Crippen LogP contribution in [0.15, 0.2) is 42.6 Å². The first-order valence-electron chi connectivity index (χ1n) is 12.8. The zero-order chi connectivity index (χ0) is 28.1. The molecule has 0 aliphatic rings. The SMILES string of the molecule is CCOC(=O)[C@@H](OC(C)(C)C)c1c(C)cc2nc(-c3cc4c(C)nn(C)c4cn3)sc2c1-c1ccc(Cl)cc1. The van der Waals surface area contributed by atoms with Crippen molar-refractivity contribution in [3.63, 3.8) is 0 Å². The zero-order valence-electron chi connectivity index (χ0n) is 23.1. The molecule has 0 amide bonds. The van der Waals surface area contributed by atoms with Gasteiger partial charge in [-0.3, -0.25) is 9.67 Å². The van der Waals surface area contributed by atoms with Gasteiger partial charge in [0.15, 0.2) is 6.10 Å². The molecule has 0 bridgehead atoms. The predicted molar refractivity (Wildman–Crippen MR) is 157 cm³/mol. The molecule has 202 valence electrons. The number of benzene rings is 2. The van der Waals surface area contributed by atoms with Gasteiger partial charge < -0.3 is 9.47 Å². The Bertz CT molecular complexity index is 1700. The molecule has 2 aromatic carbocycles. The second-order valence-corrected chi connectivity index (χ2v) is 11.9. The molecule has 1 atom stereocenters. The van der Waals surface area contributed by atoms with Gasteiger partial charge in [0.1, 0.15) is 5.01 Å². The largest absolute Gasteiger partial charge is 0.464 e. The van der Waals surface area contributed by atoms with Gasteiger partial charge in [-0.1, -0.05) is 23.7 Å². The molecule has 7 nitrogen and oxygen atoms in total. The molecule has 0 fully saturated rings. The number of nitrogens with zero attached hydrogens (tertiary/aromatic N) is 4. The summed E-state index contributed by atoms with van der Waals surface area (Å²) in [5.41, 5.74) is 6.36. The van der Waals surface area contributed by atoms with Crippen LogP contribution in [0, 0.1) is 13.8 Å². The number of pyridine rings is 1. The van der Waals surface area contributed by atoms with Crippen molar-refractivity contribution in [2.24, 2.45) is 7.05 Å². The van der Waals surface area contributed by atoms with Gasteiger partial charge in [0.25, 0.3) is 0 Å². The Kier molecular flexibility index (Phi) is 7.22. The molecule has 0 saturated heterocycles. The van der Waals surface area contributed by atoms with Crippen molar-refractivity contribution in [2.75, 3.05) is 6.61 Å². The maximum Gasteiger partial charge on any atom is 0.339 e. The van der Waals surface area contributed by atoms with Crippen LogP contribution in [-0.4, -0.2) is 37.9 Å². The van der Waals surface area contributed by atoms with Crippen LogP contribution < -0.4 is 0 Å². The third kappa shape index (κ3) is 5.29. The average Bonchev–Trinajstić information content (AvgIpc) is 3.42. The van der Waals surface area contributed by atoms with Crippen molar-refractivity contribution >= 4 is 50.0 Å². The number of thiazole rings is 1. The van der Waals surface area contributed by atoms with Crippen LogP contribution in [-0.2, 0) is 21.3 Å². The highest BCUT2D eigenvalue weighted by atomic mass is 35.5. The van der Waals surface area contributed by atoms with Crippen molar-refractivity contribution in [1.82, 2.24) is 19.7 Å². The lowest BCUT2D eigenvalue weighted by Crippen LogP contribution is -2.29. The van der Waals surface area contributed by atoms with Crippen LogP contribution in [0.1, 0.15) is 50.6 Å². The summed E-state index contributed by atoms with van der Waals surface area (Å²) < 4.78 is 14.6. The number of carbonyl (C=O) groups is 1. The summed E-state index contributed by atoms with van der Waals surface area (Å²) in [5.74, 6) is -0.422. The van der Waals surface area contributed by atoms with E-state index < -0.39 is 17.7 Å². The molecular formula is C30H31ClN4O3S. The highest BCUT2D eigenvalue weighted by Gasteiger charge is 2.33. The van der Waals surface area contributed by atoms with Gasteiger partial charge >= 0.3 is 5.97 Å². The molecule has 0 radical (unpaired) electrons. The third-order valence-electron chi connectivity index (χ3n) is 6.44. The summed E-state index contributed by atoms with van der Waals surface area (Å²) in [6.07, 6.45) is 0.916. The van der Waals surface area contributed by atoms with E-state index in [1.165, 1.54) is 11.3 Å². The first kappa shape index (κ1) is 27.2. The Morgan fingerprint density at radius 2 is 1.87 bits per heavy atom. The molecule has 0 aliphatic carbocycles. The summed E-state index contributed by atoms with van der Waals surface area (Å²) in [7, 11) is 1.91. The van der Waals surface area contributed by atoms with Crippen LogP contribution in [0.5, 0.6) is 0 Å². The van der Waals surface area contributed by atoms with E-state index in [1.807, 2.05) is 88.9 Å². The highest BCUT2D eigenvalue weighted by molar-refractivity contribution is 7.22. The summed E-state index contributed by atoms with van der Waals surface area (Å²) in [5, 5.41) is 6.98. The Morgan fingerprint density at radius 3 is 2.54 bits per heavy atom. The average molecular weight is 563 g/mol. The van der Waals surface area contributed by atoms with E-state index in [1.54, 1.807) is 6.92 Å². The number of hydrogen-bond acceptors (Lipinski definition) is 7. The molecule has 0 spiro atoms. The third-order valence-corrected chi connectivity index (χ3v) is 7.80. The number of rotatable bonds is 6. The number of fused-ring (bicyclic) bond motifs is 2. The fraction of sp³-hybridized carbons (Fsp3) is 0.333. The topological polar surface area (TPSA) is 79.1 Å². The molecule has 5 rings (SSSR count). The summed E-state index contributed by atoms with van der Waals surface area (Å²) >= 11 is 7.79. The van der Waals surface area contributed by atoms with Gasteiger partial charge in [-0.15, -0.1) is 11.3 Å². The minimum atomic E-state index is -0.918. The first-order valence-corrected chi connectivity index (χ1v) is 14.0. The number of carbonyl (C=O) groups excluding carboxylic acids is 1.